The van der Waals surface area contributed by atoms with Crippen molar-refractivity contribution in [2.75, 3.05) is 24.6 Å². The van der Waals surface area contributed by atoms with Gasteiger partial charge in [-0.2, -0.15) is 22.0 Å². The van der Waals surface area contributed by atoms with Gasteiger partial charge in [0.25, 0.3) is 0 Å². The molecule has 4 aliphatic rings. The predicted octanol–water partition coefficient (Wildman–Crippen LogP) is 11.0. The number of likely N-dealkylation sites (tertiary alicyclic amines) is 1. The van der Waals surface area contributed by atoms with E-state index in [9.17, 15) is 35.8 Å². The number of piperidine rings is 1. The maximum atomic E-state index is 13.3. The summed E-state index contributed by atoms with van der Waals surface area (Å²) in [6.45, 7) is 3.52. The molecule has 1 aromatic heterocycles. The van der Waals surface area contributed by atoms with Crippen molar-refractivity contribution in [3.63, 3.8) is 0 Å². The fraction of sp³-hybridized carbons (Fsp3) is 0.698. The van der Waals surface area contributed by atoms with Crippen LogP contribution in [0.2, 0.25) is 0 Å². The number of ether oxygens (including phenoxy) is 1. The second-order valence-electron chi connectivity index (χ2n) is 16.9. The number of hydrogen-bond acceptors (Lipinski definition) is 5. The molecule has 1 aromatic carbocycles. The van der Waals surface area contributed by atoms with Gasteiger partial charge in [0.05, 0.1) is 0 Å². The van der Waals surface area contributed by atoms with Crippen LogP contribution in [-0.2, 0) is 22.0 Å². The predicted molar refractivity (Wildman–Crippen MR) is 204 cm³/mol. The van der Waals surface area contributed by atoms with Gasteiger partial charge < -0.3 is 9.64 Å². The van der Waals surface area contributed by atoms with E-state index < -0.39 is 35.7 Å². The van der Waals surface area contributed by atoms with Crippen LogP contribution in [0.25, 0.3) is 0 Å². The number of benzene rings is 1. The van der Waals surface area contributed by atoms with E-state index >= 15 is 0 Å². The number of fused-ring (bicyclic) bond motifs is 5. The van der Waals surface area contributed by atoms with Crippen LogP contribution < -0.4 is 4.74 Å². The molecule has 6 rings (SSSR count). The topological polar surface area (TPSA) is 76.6 Å². The lowest BCUT2D eigenvalue weighted by Crippen LogP contribution is -2.46. The van der Waals surface area contributed by atoms with E-state index in [1.807, 2.05) is 23.4 Å². The standard InChI is InChI=1S/C43H57F5N2O4S/c1-41-21-15-36-35-12-11-34(54-40(52)50-24-18-31(19-25-50)30-16-22-49-23-17-30)29-33(35)28-32(39(36)37(41)13-14-38(41)51)10-7-5-3-2-4-6-8-26-55(53)27-9-20-42(44,45)43(46,47)48/h11-12,16-17,22-23,29,31-32,36-37,39H,2-10,13-15,18-21,24-28H2,1H3/t32-,36-,37+,39-,41+,55?/m1/s1. The monoisotopic (exact) mass is 792 g/mol. The van der Waals surface area contributed by atoms with E-state index in [0.29, 0.717) is 72.8 Å². The minimum absolute atomic E-state index is 0.132. The summed E-state index contributed by atoms with van der Waals surface area (Å²) in [6.07, 6.45) is 10.2. The van der Waals surface area contributed by atoms with E-state index in [-0.39, 0.29) is 17.3 Å². The first kappa shape index (κ1) is 41.7. The minimum atomic E-state index is -5.56. The molecule has 12 heteroatoms. The molecule has 3 fully saturated rings. The largest absolute Gasteiger partial charge is 0.453 e. The third-order valence-electron chi connectivity index (χ3n) is 13.4. The van der Waals surface area contributed by atoms with Gasteiger partial charge in [-0.3, -0.25) is 14.0 Å². The van der Waals surface area contributed by atoms with Crippen LogP contribution in [0.5, 0.6) is 5.75 Å². The van der Waals surface area contributed by atoms with Crippen LogP contribution in [0.15, 0.2) is 42.7 Å². The zero-order chi connectivity index (χ0) is 39.2. The highest BCUT2D eigenvalue weighted by Gasteiger charge is 2.57. The van der Waals surface area contributed by atoms with Gasteiger partial charge >= 0.3 is 18.2 Å². The zero-order valence-electron chi connectivity index (χ0n) is 32.1. The smallest absolute Gasteiger partial charge is 0.410 e. The Labute approximate surface area is 325 Å². The van der Waals surface area contributed by atoms with Crippen LogP contribution in [0.3, 0.4) is 0 Å². The summed E-state index contributed by atoms with van der Waals surface area (Å²) in [5.41, 5.74) is 3.67. The number of Topliss-reactive ketones (excluding diaryl/α,β-unsaturated/α-hetero) is 1. The van der Waals surface area contributed by atoms with Crippen LogP contribution in [0, 0.1) is 23.2 Å². The molecule has 55 heavy (non-hydrogen) atoms. The fourth-order valence-corrected chi connectivity index (χ4v) is 11.5. The van der Waals surface area contributed by atoms with Crippen molar-refractivity contribution in [2.45, 2.75) is 140 Å². The van der Waals surface area contributed by atoms with Crippen molar-refractivity contribution in [2.24, 2.45) is 23.2 Å². The summed E-state index contributed by atoms with van der Waals surface area (Å²) in [5.74, 6) is -1.36. The third-order valence-corrected chi connectivity index (χ3v) is 14.9. The number of carbonyl (C=O) groups is 2. The molecule has 2 heterocycles. The highest BCUT2D eigenvalue weighted by molar-refractivity contribution is 7.84. The molecule has 0 radical (unpaired) electrons. The van der Waals surface area contributed by atoms with Gasteiger partial charge in [0.15, 0.2) is 0 Å². The Morgan fingerprint density at radius 3 is 2.29 bits per heavy atom. The molecule has 2 aromatic rings. The summed E-state index contributed by atoms with van der Waals surface area (Å²) >= 11 is 0. The average molecular weight is 793 g/mol. The summed E-state index contributed by atoms with van der Waals surface area (Å²) in [6, 6.07) is 10.3. The minimum Gasteiger partial charge on any atom is -0.410 e. The lowest BCUT2D eigenvalue weighted by Gasteiger charge is -2.51. The van der Waals surface area contributed by atoms with E-state index in [1.54, 1.807) is 0 Å². The van der Waals surface area contributed by atoms with Gasteiger partial charge in [0, 0.05) is 66.0 Å². The Hall–Kier alpha value is -2.89. The number of aromatic nitrogens is 1. The van der Waals surface area contributed by atoms with Crippen molar-refractivity contribution in [1.29, 1.82) is 0 Å². The first-order chi connectivity index (χ1) is 26.3. The summed E-state index contributed by atoms with van der Waals surface area (Å²) in [4.78, 5) is 32.4. The van der Waals surface area contributed by atoms with Gasteiger partial charge in [0.2, 0.25) is 0 Å². The number of halogens is 5. The Kier molecular flexibility index (Phi) is 13.8. The van der Waals surface area contributed by atoms with E-state index in [4.69, 9.17) is 4.74 Å². The number of carbonyl (C=O) groups excluding carboxylic acids is 2. The quantitative estimate of drug-likeness (QED) is 0.125. The number of rotatable bonds is 16. The van der Waals surface area contributed by atoms with Crippen LogP contribution >= 0.6 is 0 Å². The Morgan fingerprint density at radius 1 is 0.909 bits per heavy atom. The SMILES string of the molecule is C[C@]12CC[C@@H]3c4ccc(OC(=O)N5CCC(c6ccncc6)CC5)cc4C[C@@H](CCCCCCCCCS(=O)CCCC(F)(F)C(F)(F)F)[C@H]3[C@@H]1CCC2=O. The average Bonchev–Trinajstić information content (AvgIpc) is 3.47. The molecule has 1 amide bonds. The number of pyridine rings is 1. The van der Waals surface area contributed by atoms with Crippen molar-refractivity contribution >= 4 is 22.7 Å². The molecule has 1 aliphatic heterocycles. The molecule has 0 spiro atoms. The van der Waals surface area contributed by atoms with Gasteiger partial charge in [0.1, 0.15) is 11.5 Å². The normalized spacial score (nSPS) is 26.3. The zero-order valence-corrected chi connectivity index (χ0v) is 32.9. The van der Waals surface area contributed by atoms with Crippen LogP contribution in [0.1, 0.15) is 138 Å². The maximum absolute atomic E-state index is 13.3. The molecule has 2 saturated carbocycles. The molecule has 304 valence electrons. The van der Waals surface area contributed by atoms with Crippen molar-refractivity contribution < 1.29 is 40.5 Å². The molecule has 0 bridgehead atoms. The highest BCUT2D eigenvalue weighted by Crippen LogP contribution is 2.61. The first-order valence-corrected chi connectivity index (χ1v) is 22.1. The molecular weight excluding hydrogens is 736 g/mol. The molecule has 6 nitrogen and oxygen atoms in total. The number of nitrogens with zero attached hydrogens (tertiary/aromatic N) is 2. The lowest BCUT2D eigenvalue weighted by molar-refractivity contribution is -0.284. The van der Waals surface area contributed by atoms with E-state index in [0.717, 1.165) is 83.5 Å². The lowest BCUT2D eigenvalue weighted by atomic mass is 9.52. The molecule has 0 N–H and O–H groups in total. The Morgan fingerprint density at radius 2 is 1.58 bits per heavy atom. The van der Waals surface area contributed by atoms with Crippen LogP contribution in [-0.4, -0.2) is 62.7 Å². The van der Waals surface area contributed by atoms with Crippen molar-refractivity contribution in [3.8, 4) is 5.75 Å². The third kappa shape index (κ3) is 9.98. The van der Waals surface area contributed by atoms with Crippen molar-refractivity contribution in [1.82, 2.24) is 9.88 Å². The molecule has 3 aliphatic carbocycles. The first-order valence-electron chi connectivity index (χ1n) is 20.6. The molecule has 6 atom stereocenters. The van der Waals surface area contributed by atoms with Gasteiger partial charge in [-0.15, -0.1) is 0 Å². The summed E-state index contributed by atoms with van der Waals surface area (Å²) in [7, 11) is -1.38. The number of ketones is 1. The molecule has 1 unspecified atom stereocenters. The van der Waals surface area contributed by atoms with Crippen LogP contribution in [0.4, 0.5) is 26.7 Å². The number of unbranched alkanes of at least 4 members (excludes halogenated alkanes) is 6. The number of amides is 1. The van der Waals surface area contributed by atoms with Gasteiger partial charge in [-0.05, 0) is 128 Å². The summed E-state index contributed by atoms with van der Waals surface area (Å²) in [5, 5.41) is 0. The Balaban J connectivity index is 0.969. The van der Waals surface area contributed by atoms with E-state index in [1.165, 1.54) is 16.7 Å². The van der Waals surface area contributed by atoms with Gasteiger partial charge in [-0.1, -0.05) is 51.5 Å². The number of alkyl halides is 5. The molecular formula is C43H57F5N2O4S. The second kappa shape index (κ2) is 18.1. The Bertz CT molecular complexity index is 1630. The fourth-order valence-electron chi connectivity index (χ4n) is 10.3. The summed E-state index contributed by atoms with van der Waals surface area (Å²) < 4.78 is 81.3. The second-order valence-corrected chi connectivity index (χ2v) is 18.6. The van der Waals surface area contributed by atoms with Crippen molar-refractivity contribution in [3.05, 3.63) is 59.4 Å². The van der Waals surface area contributed by atoms with Gasteiger partial charge in [-0.25, -0.2) is 4.79 Å². The molecule has 1 saturated heterocycles. The highest BCUT2D eigenvalue weighted by atomic mass is 32.2. The maximum Gasteiger partial charge on any atom is 0.453 e. The van der Waals surface area contributed by atoms with E-state index in [2.05, 4.69) is 36.2 Å². The number of hydrogen-bond donors (Lipinski definition) is 0.